The number of nitrogens with one attached hydrogen (secondary N) is 2. The molecule has 0 saturated carbocycles. The average molecular weight is 369 g/mol. The Morgan fingerprint density at radius 3 is 2.38 bits per heavy atom. The van der Waals surface area contributed by atoms with Gasteiger partial charge in [-0.2, -0.15) is 5.10 Å². The molecule has 2 N–H and O–H groups in total. The minimum absolute atomic E-state index is 0.441. The molecule has 0 amide bonds. The Kier molecular flexibility index (Phi) is 6.44. The van der Waals surface area contributed by atoms with Crippen LogP contribution in [0.2, 0.25) is 0 Å². The Hall–Kier alpha value is -2.60. The van der Waals surface area contributed by atoms with E-state index in [0.717, 1.165) is 30.1 Å². The Morgan fingerprint density at radius 1 is 1.04 bits per heavy atom. The summed E-state index contributed by atoms with van der Waals surface area (Å²) in [6, 6.07) is 16.0. The molecular formula is C20H24N4OS. The molecule has 0 bridgehead atoms. The number of ether oxygens (including phenoxy) is 1. The molecule has 0 aliphatic carbocycles. The molecule has 1 aliphatic heterocycles. The number of hydrogen-bond acceptors (Lipinski definition) is 4. The molecule has 0 spiro atoms. The van der Waals surface area contributed by atoms with E-state index >= 15 is 0 Å². The first-order valence-corrected chi connectivity index (χ1v) is 9.24. The first kappa shape index (κ1) is 18.2. The summed E-state index contributed by atoms with van der Waals surface area (Å²) < 4.78 is 5.13. The predicted molar refractivity (Wildman–Crippen MR) is 112 cm³/mol. The molecule has 0 radical (unpaired) electrons. The van der Waals surface area contributed by atoms with Gasteiger partial charge in [0.1, 0.15) is 5.75 Å². The van der Waals surface area contributed by atoms with Gasteiger partial charge in [0.2, 0.25) is 0 Å². The summed E-state index contributed by atoms with van der Waals surface area (Å²) in [7, 11) is 1.64. The van der Waals surface area contributed by atoms with Crippen LogP contribution in [0.25, 0.3) is 0 Å². The lowest BCUT2D eigenvalue weighted by atomic mass is 10.1. The molecule has 136 valence electrons. The van der Waals surface area contributed by atoms with Crippen LogP contribution in [0.15, 0.2) is 53.6 Å². The lowest BCUT2D eigenvalue weighted by molar-refractivity contribution is 0.415. The van der Waals surface area contributed by atoms with Crippen molar-refractivity contribution in [2.75, 3.05) is 30.4 Å². The maximum Gasteiger partial charge on any atom is 0.191 e. The maximum atomic E-state index is 5.24. The van der Waals surface area contributed by atoms with Crippen LogP contribution in [0.3, 0.4) is 0 Å². The van der Waals surface area contributed by atoms with Gasteiger partial charge in [-0.3, -0.25) is 5.43 Å². The molecule has 2 aromatic carbocycles. The SMILES string of the molecule is COc1ccc(NC(=S)N/N=C\c2ccc(N3CCCCC3)cc2)cc1. The minimum atomic E-state index is 0.441. The van der Waals surface area contributed by atoms with Crippen molar-refractivity contribution < 1.29 is 4.74 Å². The second-order valence-corrected chi connectivity index (χ2v) is 6.60. The quantitative estimate of drug-likeness (QED) is 0.474. The van der Waals surface area contributed by atoms with E-state index in [1.807, 2.05) is 24.3 Å². The molecule has 1 fully saturated rings. The zero-order chi connectivity index (χ0) is 18.2. The highest BCUT2D eigenvalue weighted by molar-refractivity contribution is 7.80. The summed E-state index contributed by atoms with van der Waals surface area (Å²) >= 11 is 5.24. The summed E-state index contributed by atoms with van der Waals surface area (Å²) in [6.45, 7) is 2.31. The highest BCUT2D eigenvalue weighted by Gasteiger charge is 2.10. The smallest absolute Gasteiger partial charge is 0.191 e. The first-order valence-electron chi connectivity index (χ1n) is 8.84. The van der Waals surface area contributed by atoms with Crippen LogP contribution in [-0.4, -0.2) is 31.5 Å². The van der Waals surface area contributed by atoms with Crippen molar-refractivity contribution in [1.82, 2.24) is 5.43 Å². The molecule has 5 nitrogen and oxygen atoms in total. The normalized spacial score (nSPS) is 14.3. The van der Waals surface area contributed by atoms with E-state index in [1.165, 1.54) is 24.9 Å². The topological polar surface area (TPSA) is 48.9 Å². The van der Waals surface area contributed by atoms with E-state index in [4.69, 9.17) is 17.0 Å². The Morgan fingerprint density at radius 2 is 1.73 bits per heavy atom. The molecule has 0 aromatic heterocycles. The second kappa shape index (κ2) is 9.20. The molecular weight excluding hydrogens is 344 g/mol. The van der Waals surface area contributed by atoms with E-state index in [2.05, 4.69) is 45.0 Å². The van der Waals surface area contributed by atoms with Crippen LogP contribution >= 0.6 is 12.2 Å². The largest absolute Gasteiger partial charge is 0.497 e. The van der Waals surface area contributed by atoms with Crippen LogP contribution in [0.4, 0.5) is 11.4 Å². The zero-order valence-electron chi connectivity index (χ0n) is 14.9. The van der Waals surface area contributed by atoms with E-state index in [1.54, 1.807) is 13.3 Å². The lowest BCUT2D eigenvalue weighted by Crippen LogP contribution is -2.29. The Labute approximate surface area is 160 Å². The van der Waals surface area contributed by atoms with Crippen LogP contribution in [0.1, 0.15) is 24.8 Å². The van der Waals surface area contributed by atoms with Crippen molar-refractivity contribution in [3.05, 3.63) is 54.1 Å². The maximum absolute atomic E-state index is 5.24. The van der Waals surface area contributed by atoms with Crippen molar-refractivity contribution in [3.63, 3.8) is 0 Å². The van der Waals surface area contributed by atoms with Gasteiger partial charge < -0.3 is 15.0 Å². The fourth-order valence-electron chi connectivity index (χ4n) is 2.92. The number of hydrogen-bond donors (Lipinski definition) is 2. The van der Waals surface area contributed by atoms with Gasteiger partial charge in [0.25, 0.3) is 0 Å². The first-order chi connectivity index (χ1) is 12.7. The summed E-state index contributed by atoms with van der Waals surface area (Å²) in [5.74, 6) is 0.806. The summed E-state index contributed by atoms with van der Waals surface area (Å²) in [6.07, 6.45) is 5.68. The monoisotopic (exact) mass is 368 g/mol. The van der Waals surface area contributed by atoms with Gasteiger partial charge in [-0.05, 0) is 73.4 Å². The van der Waals surface area contributed by atoms with Crippen molar-refractivity contribution in [1.29, 1.82) is 0 Å². The molecule has 0 atom stereocenters. The van der Waals surface area contributed by atoms with Gasteiger partial charge in [0.15, 0.2) is 5.11 Å². The van der Waals surface area contributed by atoms with Crippen molar-refractivity contribution >= 4 is 34.9 Å². The number of piperidine rings is 1. The number of methoxy groups -OCH3 is 1. The van der Waals surface area contributed by atoms with Gasteiger partial charge in [0, 0.05) is 24.5 Å². The molecule has 1 aliphatic rings. The summed E-state index contributed by atoms with van der Waals surface area (Å²) in [5, 5.41) is 7.71. The molecule has 3 rings (SSSR count). The number of hydrazone groups is 1. The fraction of sp³-hybridized carbons (Fsp3) is 0.300. The molecule has 1 heterocycles. The zero-order valence-corrected chi connectivity index (χ0v) is 15.8. The average Bonchev–Trinajstić information content (AvgIpc) is 2.70. The van der Waals surface area contributed by atoms with Gasteiger partial charge >= 0.3 is 0 Å². The van der Waals surface area contributed by atoms with Crippen LogP contribution < -0.4 is 20.4 Å². The summed E-state index contributed by atoms with van der Waals surface area (Å²) in [5.41, 5.74) is 6.03. The third-order valence-electron chi connectivity index (χ3n) is 4.34. The van der Waals surface area contributed by atoms with E-state index in [-0.39, 0.29) is 0 Å². The highest BCUT2D eigenvalue weighted by Crippen LogP contribution is 2.19. The number of benzene rings is 2. The molecule has 26 heavy (non-hydrogen) atoms. The third kappa shape index (κ3) is 5.20. The Bertz CT molecular complexity index is 737. The highest BCUT2D eigenvalue weighted by atomic mass is 32.1. The van der Waals surface area contributed by atoms with Crippen LogP contribution in [0.5, 0.6) is 5.75 Å². The van der Waals surface area contributed by atoms with E-state index in [9.17, 15) is 0 Å². The van der Waals surface area contributed by atoms with E-state index < -0.39 is 0 Å². The minimum Gasteiger partial charge on any atom is -0.497 e. The van der Waals surface area contributed by atoms with Crippen LogP contribution in [0, 0.1) is 0 Å². The van der Waals surface area contributed by atoms with Crippen molar-refractivity contribution in [2.24, 2.45) is 5.10 Å². The van der Waals surface area contributed by atoms with E-state index in [0.29, 0.717) is 5.11 Å². The summed E-state index contributed by atoms with van der Waals surface area (Å²) in [4.78, 5) is 2.44. The number of rotatable bonds is 5. The van der Waals surface area contributed by atoms with Crippen molar-refractivity contribution in [3.8, 4) is 5.75 Å². The molecule has 1 saturated heterocycles. The Balaban J connectivity index is 1.48. The van der Waals surface area contributed by atoms with Gasteiger partial charge in [-0.1, -0.05) is 12.1 Å². The van der Waals surface area contributed by atoms with Gasteiger partial charge in [0.05, 0.1) is 13.3 Å². The fourth-order valence-corrected chi connectivity index (χ4v) is 3.09. The third-order valence-corrected chi connectivity index (χ3v) is 4.54. The van der Waals surface area contributed by atoms with Crippen LogP contribution in [-0.2, 0) is 0 Å². The van der Waals surface area contributed by atoms with Gasteiger partial charge in [-0.15, -0.1) is 0 Å². The molecule has 6 heteroatoms. The number of nitrogens with zero attached hydrogens (tertiary/aromatic N) is 2. The lowest BCUT2D eigenvalue weighted by Gasteiger charge is -2.28. The van der Waals surface area contributed by atoms with Gasteiger partial charge in [-0.25, -0.2) is 0 Å². The molecule has 0 unspecified atom stereocenters. The second-order valence-electron chi connectivity index (χ2n) is 6.19. The number of anilines is 2. The number of thiocarbonyl (C=S) groups is 1. The van der Waals surface area contributed by atoms with Crippen molar-refractivity contribution in [2.45, 2.75) is 19.3 Å². The molecule has 2 aromatic rings. The standard InChI is InChI=1S/C20H24N4OS/c1-25-19-11-7-17(8-12-19)22-20(26)23-21-15-16-5-9-18(10-6-16)24-13-3-2-4-14-24/h5-12,15H,2-4,13-14H2,1H3,(H2,22,23,26)/b21-15-. The predicted octanol–water partition coefficient (Wildman–Crippen LogP) is 4.01.